The van der Waals surface area contributed by atoms with Gasteiger partial charge in [-0.3, -0.25) is 0 Å². The number of nitrogens with zero attached hydrogens (tertiary/aromatic N) is 1. The van der Waals surface area contributed by atoms with E-state index in [-0.39, 0.29) is 6.10 Å². The van der Waals surface area contributed by atoms with Crippen LogP contribution in [0.5, 0.6) is 0 Å². The molecule has 0 bridgehead atoms. The van der Waals surface area contributed by atoms with E-state index in [2.05, 4.69) is 11.9 Å². The fourth-order valence-electron chi connectivity index (χ4n) is 2.66. The molecule has 0 radical (unpaired) electrons. The molecule has 0 aromatic rings. The molecular formula is C11H21NO. The number of hydrogen-bond donors (Lipinski definition) is 1. The van der Waals surface area contributed by atoms with Crippen LogP contribution in [0.1, 0.15) is 39.0 Å². The molecular weight excluding hydrogens is 162 g/mol. The molecule has 2 nitrogen and oxygen atoms in total. The first-order valence-electron chi connectivity index (χ1n) is 5.52. The minimum atomic E-state index is -0.0958. The van der Waals surface area contributed by atoms with Crippen LogP contribution < -0.4 is 0 Å². The minimum absolute atomic E-state index is 0.0958. The van der Waals surface area contributed by atoms with Crippen LogP contribution in [0.3, 0.4) is 0 Å². The van der Waals surface area contributed by atoms with Crippen molar-refractivity contribution in [1.29, 1.82) is 0 Å². The lowest BCUT2D eigenvalue weighted by atomic mass is 9.91. The Balaban J connectivity index is 1.90. The molecule has 0 spiro atoms. The van der Waals surface area contributed by atoms with Crippen LogP contribution in [0.2, 0.25) is 0 Å². The predicted octanol–water partition coefficient (Wildman–Crippen LogP) is 1.63. The van der Waals surface area contributed by atoms with Crippen LogP contribution >= 0.6 is 0 Å². The van der Waals surface area contributed by atoms with Gasteiger partial charge >= 0.3 is 0 Å². The van der Waals surface area contributed by atoms with E-state index < -0.39 is 0 Å². The molecule has 1 aliphatic heterocycles. The molecule has 2 rings (SSSR count). The summed E-state index contributed by atoms with van der Waals surface area (Å²) in [5.74, 6) is 0. The van der Waals surface area contributed by atoms with Gasteiger partial charge in [-0.25, -0.2) is 0 Å². The second kappa shape index (κ2) is 3.25. The standard InChI is InChI=1S/C11H21NO/c1-9(13)11(5-6-11)8-10-4-3-7-12(10)2/h9-10,13H,3-8H2,1-2H3. The van der Waals surface area contributed by atoms with E-state index in [0.717, 1.165) is 6.04 Å². The van der Waals surface area contributed by atoms with E-state index >= 15 is 0 Å². The Morgan fingerprint density at radius 3 is 2.62 bits per heavy atom. The highest BCUT2D eigenvalue weighted by atomic mass is 16.3. The van der Waals surface area contributed by atoms with Crippen LogP contribution in [-0.4, -0.2) is 35.7 Å². The average Bonchev–Trinajstić information content (AvgIpc) is 2.74. The average molecular weight is 183 g/mol. The molecule has 2 heteroatoms. The maximum absolute atomic E-state index is 9.67. The summed E-state index contributed by atoms with van der Waals surface area (Å²) in [4.78, 5) is 2.46. The molecule has 1 heterocycles. The van der Waals surface area contributed by atoms with Crippen molar-refractivity contribution in [1.82, 2.24) is 4.90 Å². The molecule has 2 fully saturated rings. The van der Waals surface area contributed by atoms with Crippen LogP contribution in [-0.2, 0) is 0 Å². The maximum Gasteiger partial charge on any atom is 0.0568 e. The zero-order valence-corrected chi connectivity index (χ0v) is 8.79. The molecule has 76 valence electrons. The monoisotopic (exact) mass is 183 g/mol. The molecule has 13 heavy (non-hydrogen) atoms. The van der Waals surface area contributed by atoms with E-state index in [1.54, 1.807) is 0 Å². The smallest absolute Gasteiger partial charge is 0.0568 e. The molecule has 0 amide bonds. The van der Waals surface area contributed by atoms with Crippen LogP contribution in [0.25, 0.3) is 0 Å². The Hall–Kier alpha value is -0.0800. The number of likely N-dealkylation sites (tertiary alicyclic amines) is 1. The normalized spacial score (nSPS) is 34.8. The van der Waals surface area contributed by atoms with E-state index in [9.17, 15) is 5.11 Å². The van der Waals surface area contributed by atoms with Gasteiger partial charge in [0.25, 0.3) is 0 Å². The molecule has 1 aliphatic carbocycles. The fraction of sp³-hybridized carbons (Fsp3) is 1.00. The van der Waals surface area contributed by atoms with Crippen molar-refractivity contribution in [2.75, 3.05) is 13.6 Å². The first-order chi connectivity index (χ1) is 6.14. The number of aliphatic hydroxyl groups is 1. The van der Waals surface area contributed by atoms with Crippen molar-refractivity contribution in [3.05, 3.63) is 0 Å². The van der Waals surface area contributed by atoms with Crippen LogP contribution in [0, 0.1) is 5.41 Å². The lowest BCUT2D eigenvalue weighted by Crippen LogP contribution is -2.31. The number of aliphatic hydroxyl groups excluding tert-OH is 1. The second-order valence-corrected chi connectivity index (χ2v) is 5.02. The van der Waals surface area contributed by atoms with Crippen molar-refractivity contribution >= 4 is 0 Å². The lowest BCUT2D eigenvalue weighted by molar-refractivity contribution is 0.0865. The molecule has 1 saturated heterocycles. The van der Waals surface area contributed by atoms with Crippen molar-refractivity contribution in [2.24, 2.45) is 5.41 Å². The quantitative estimate of drug-likeness (QED) is 0.719. The lowest BCUT2D eigenvalue weighted by Gasteiger charge is -2.26. The van der Waals surface area contributed by atoms with Gasteiger partial charge in [0.15, 0.2) is 0 Å². The summed E-state index contributed by atoms with van der Waals surface area (Å²) in [5.41, 5.74) is 0.309. The van der Waals surface area contributed by atoms with E-state index in [1.807, 2.05) is 6.92 Å². The van der Waals surface area contributed by atoms with Gasteiger partial charge in [-0.15, -0.1) is 0 Å². The minimum Gasteiger partial charge on any atom is -0.393 e. The van der Waals surface area contributed by atoms with Crippen molar-refractivity contribution in [3.8, 4) is 0 Å². The summed E-state index contributed by atoms with van der Waals surface area (Å²) < 4.78 is 0. The Labute approximate surface area is 80.9 Å². The van der Waals surface area contributed by atoms with Crippen LogP contribution in [0.15, 0.2) is 0 Å². The Morgan fingerprint density at radius 1 is 1.54 bits per heavy atom. The molecule has 1 N–H and O–H groups in total. The summed E-state index contributed by atoms with van der Waals surface area (Å²) >= 11 is 0. The molecule has 1 saturated carbocycles. The van der Waals surface area contributed by atoms with Gasteiger partial charge in [0.1, 0.15) is 0 Å². The number of rotatable bonds is 3. The summed E-state index contributed by atoms with van der Waals surface area (Å²) in [6, 6.07) is 0.747. The third kappa shape index (κ3) is 1.75. The highest BCUT2D eigenvalue weighted by Crippen LogP contribution is 2.53. The molecule has 0 aromatic carbocycles. The first-order valence-corrected chi connectivity index (χ1v) is 5.52. The van der Waals surface area contributed by atoms with Gasteiger partial charge in [-0.1, -0.05) is 0 Å². The first kappa shape index (κ1) is 9.47. The summed E-state index contributed by atoms with van der Waals surface area (Å²) in [5, 5.41) is 9.67. The topological polar surface area (TPSA) is 23.5 Å². The summed E-state index contributed by atoms with van der Waals surface area (Å²) in [6.07, 6.45) is 6.30. The van der Waals surface area contributed by atoms with Gasteiger partial charge in [0, 0.05) is 6.04 Å². The SMILES string of the molecule is CC(O)C1(CC2CCCN2C)CC1. The Bertz CT molecular complexity index is 187. The highest BCUT2D eigenvalue weighted by Gasteiger charge is 2.48. The van der Waals surface area contributed by atoms with E-state index in [4.69, 9.17) is 0 Å². The predicted molar refractivity (Wildman–Crippen MR) is 53.6 cm³/mol. The van der Waals surface area contributed by atoms with Gasteiger partial charge < -0.3 is 10.0 Å². The van der Waals surface area contributed by atoms with Gasteiger partial charge in [-0.2, -0.15) is 0 Å². The Morgan fingerprint density at radius 2 is 2.23 bits per heavy atom. The molecule has 2 aliphatic rings. The van der Waals surface area contributed by atoms with Crippen LogP contribution in [0.4, 0.5) is 0 Å². The highest BCUT2D eigenvalue weighted by molar-refractivity contribution is 5.00. The van der Waals surface area contributed by atoms with Crippen molar-refractivity contribution in [2.45, 2.75) is 51.2 Å². The van der Waals surface area contributed by atoms with Crippen molar-refractivity contribution in [3.63, 3.8) is 0 Å². The van der Waals surface area contributed by atoms with Crippen molar-refractivity contribution < 1.29 is 5.11 Å². The Kier molecular flexibility index (Phi) is 2.37. The van der Waals surface area contributed by atoms with Gasteiger partial charge in [0.05, 0.1) is 6.10 Å². The zero-order chi connectivity index (χ0) is 9.47. The zero-order valence-electron chi connectivity index (χ0n) is 8.79. The third-order valence-electron chi connectivity index (χ3n) is 4.09. The molecule has 2 atom stereocenters. The second-order valence-electron chi connectivity index (χ2n) is 5.02. The van der Waals surface area contributed by atoms with E-state index in [1.165, 1.54) is 38.6 Å². The maximum atomic E-state index is 9.67. The fourth-order valence-corrected chi connectivity index (χ4v) is 2.66. The largest absolute Gasteiger partial charge is 0.393 e. The summed E-state index contributed by atoms with van der Waals surface area (Å²) in [7, 11) is 2.22. The third-order valence-corrected chi connectivity index (χ3v) is 4.09. The molecule has 2 unspecified atom stereocenters. The van der Waals surface area contributed by atoms with Gasteiger partial charge in [0.2, 0.25) is 0 Å². The van der Waals surface area contributed by atoms with E-state index in [0.29, 0.717) is 5.41 Å². The number of hydrogen-bond acceptors (Lipinski definition) is 2. The van der Waals surface area contributed by atoms with Gasteiger partial charge in [-0.05, 0) is 58.0 Å². The summed E-state index contributed by atoms with van der Waals surface area (Å²) in [6.45, 7) is 3.21. The molecule has 0 aromatic heterocycles.